The Kier molecular flexibility index (Phi) is 5.98. The molecule has 7 heteroatoms. The van der Waals surface area contributed by atoms with Gasteiger partial charge in [0, 0.05) is 38.4 Å². The first-order valence-electron chi connectivity index (χ1n) is 6.55. The fourth-order valence-electron chi connectivity index (χ4n) is 1.79. The van der Waals surface area contributed by atoms with Crippen LogP contribution in [0, 0.1) is 6.92 Å². The lowest BCUT2D eigenvalue weighted by Crippen LogP contribution is -2.33. The molecule has 4 N–H and O–H groups in total. The Morgan fingerprint density at radius 3 is 2.57 bits per heavy atom. The largest absolute Gasteiger partial charge is 0.479 e. The number of aliphatic hydroxyl groups excluding tert-OH is 1. The molecule has 0 heterocycles. The van der Waals surface area contributed by atoms with Crippen LogP contribution in [0.2, 0.25) is 0 Å². The zero-order chi connectivity index (χ0) is 16.0. The number of carbonyl (C=O) groups excluding carboxylic acids is 1. The van der Waals surface area contributed by atoms with Crippen LogP contribution in [0.1, 0.15) is 12.0 Å². The summed E-state index contributed by atoms with van der Waals surface area (Å²) in [6.07, 6.45) is -1.51. The quantitative estimate of drug-likeness (QED) is 0.627. The minimum Gasteiger partial charge on any atom is -0.479 e. The minimum atomic E-state index is -1.47. The summed E-state index contributed by atoms with van der Waals surface area (Å²) < 4.78 is 0. The monoisotopic (exact) mass is 295 g/mol. The molecule has 0 fully saturated rings. The van der Waals surface area contributed by atoms with E-state index in [2.05, 4.69) is 10.6 Å². The highest BCUT2D eigenvalue weighted by Crippen LogP contribution is 2.22. The van der Waals surface area contributed by atoms with Gasteiger partial charge in [-0.1, -0.05) is 6.07 Å². The van der Waals surface area contributed by atoms with E-state index < -0.39 is 18.1 Å². The number of urea groups is 1. The number of anilines is 2. The smallest absolute Gasteiger partial charge is 0.332 e. The van der Waals surface area contributed by atoms with Crippen LogP contribution < -0.4 is 15.5 Å². The zero-order valence-electron chi connectivity index (χ0n) is 12.4. The molecule has 0 radical (unpaired) electrons. The third kappa shape index (κ3) is 5.31. The summed E-state index contributed by atoms with van der Waals surface area (Å²) >= 11 is 0. The first kappa shape index (κ1) is 16.8. The van der Waals surface area contributed by atoms with E-state index in [9.17, 15) is 9.59 Å². The summed E-state index contributed by atoms with van der Waals surface area (Å²) in [5.74, 6) is -1.30. The third-order valence-electron chi connectivity index (χ3n) is 2.94. The van der Waals surface area contributed by atoms with E-state index in [1.807, 2.05) is 38.1 Å². The number of aryl methyl sites for hydroxylation is 1. The minimum absolute atomic E-state index is 0.0421. The van der Waals surface area contributed by atoms with Crippen LogP contribution in [0.4, 0.5) is 16.2 Å². The average molecular weight is 295 g/mol. The van der Waals surface area contributed by atoms with E-state index >= 15 is 0 Å². The molecule has 7 nitrogen and oxygen atoms in total. The van der Waals surface area contributed by atoms with Gasteiger partial charge in [-0.2, -0.15) is 0 Å². The molecule has 2 amide bonds. The highest BCUT2D eigenvalue weighted by atomic mass is 16.4. The van der Waals surface area contributed by atoms with Gasteiger partial charge in [0.25, 0.3) is 0 Å². The highest BCUT2D eigenvalue weighted by Gasteiger charge is 2.13. The van der Waals surface area contributed by atoms with Gasteiger partial charge in [-0.3, -0.25) is 0 Å². The molecule has 1 atom stereocenters. The first-order chi connectivity index (χ1) is 9.81. The summed E-state index contributed by atoms with van der Waals surface area (Å²) in [6, 6.07) is 5.09. The van der Waals surface area contributed by atoms with Crippen molar-refractivity contribution < 1.29 is 19.8 Å². The lowest BCUT2D eigenvalue weighted by atomic mass is 10.1. The summed E-state index contributed by atoms with van der Waals surface area (Å²) in [4.78, 5) is 24.0. The first-order valence-corrected chi connectivity index (χ1v) is 6.55. The van der Waals surface area contributed by atoms with Crippen LogP contribution in [0.25, 0.3) is 0 Å². The maximum atomic E-state index is 11.7. The van der Waals surface area contributed by atoms with Crippen molar-refractivity contribution in [1.29, 1.82) is 0 Å². The summed E-state index contributed by atoms with van der Waals surface area (Å²) in [6.45, 7) is 2.05. The molecule has 0 aliphatic heterocycles. The van der Waals surface area contributed by atoms with E-state index in [4.69, 9.17) is 10.2 Å². The van der Waals surface area contributed by atoms with Gasteiger partial charge in [-0.15, -0.1) is 0 Å². The third-order valence-corrected chi connectivity index (χ3v) is 2.94. The molecule has 1 aromatic rings. The number of nitrogens with zero attached hydrogens (tertiary/aromatic N) is 1. The average Bonchev–Trinajstić information content (AvgIpc) is 2.40. The topological polar surface area (TPSA) is 102 Å². The second-order valence-electron chi connectivity index (χ2n) is 4.92. The van der Waals surface area contributed by atoms with Crippen LogP contribution in [-0.4, -0.2) is 49.0 Å². The van der Waals surface area contributed by atoms with Crippen molar-refractivity contribution in [2.75, 3.05) is 30.9 Å². The van der Waals surface area contributed by atoms with Gasteiger partial charge in [-0.25, -0.2) is 9.59 Å². The number of rotatable bonds is 6. The molecule has 0 saturated carbocycles. The predicted molar refractivity (Wildman–Crippen MR) is 80.8 cm³/mol. The molecule has 0 aliphatic rings. The number of carboxylic acids is 1. The number of aliphatic carboxylic acids is 1. The van der Waals surface area contributed by atoms with Crippen molar-refractivity contribution in [3.8, 4) is 0 Å². The molecule has 21 heavy (non-hydrogen) atoms. The number of hydrogen-bond donors (Lipinski definition) is 4. The van der Waals surface area contributed by atoms with Crippen LogP contribution >= 0.6 is 0 Å². The number of carbonyl (C=O) groups is 2. The van der Waals surface area contributed by atoms with Crippen LogP contribution in [-0.2, 0) is 4.79 Å². The Balaban J connectivity index is 2.52. The maximum Gasteiger partial charge on any atom is 0.332 e. The molecular formula is C14H21N3O4. The Morgan fingerprint density at radius 1 is 1.33 bits per heavy atom. The number of benzene rings is 1. The molecule has 0 aromatic heterocycles. The van der Waals surface area contributed by atoms with Crippen LogP contribution in [0.15, 0.2) is 18.2 Å². The van der Waals surface area contributed by atoms with E-state index in [0.29, 0.717) is 5.69 Å². The zero-order valence-corrected chi connectivity index (χ0v) is 12.4. The van der Waals surface area contributed by atoms with Gasteiger partial charge in [0.2, 0.25) is 0 Å². The lowest BCUT2D eigenvalue weighted by Gasteiger charge is -2.17. The fourth-order valence-corrected chi connectivity index (χ4v) is 1.79. The van der Waals surface area contributed by atoms with Gasteiger partial charge in [-0.05, 0) is 24.6 Å². The van der Waals surface area contributed by atoms with E-state index in [-0.39, 0.29) is 13.0 Å². The molecule has 0 aliphatic carbocycles. The van der Waals surface area contributed by atoms with Gasteiger partial charge in [0.05, 0.1) is 0 Å². The number of carboxylic acid groups (broad SMARTS) is 1. The van der Waals surface area contributed by atoms with Crippen molar-refractivity contribution >= 4 is 23.4 Å². The second kappa shape index (κ2) is 7.49. The second-order valence-corrected chi connectivity index (χ2v) is 4.92. The van der Waals surface area contributed by atoms with E-state index in [1.165, 1.54) is 0 Å². The fraction of sp³-hybridized carbons (Fsp3) is 0.429. The maximum absolute atomic E-state index is 11.7. The number of amides is 2. The van der Waals surface area contributed by atoms with Gasteiger partial charge >= 0.3 is 12.0 Å². The Bertz CT molecular complexity index is 517. The summed E-state index contributed by atoms with van der Waals surface area (Å²) in [5, 5.41) is 22.7. The molecule has 1 aromatic carbocycles. The van der Waals surface area contributed by atoms with Gasteiger partial charge in [0.15, 0.2) is 6.10 Å². The SMILES string of the molecule is Cc1ccc(NC(=O)NCC[C@H](O)C(=O)O)cc1N(C)C. The van der Waals surface area contributed by atoms with Crippen molar-refractivity contribution in [2.45, 2.75) is 19.4 Å². The molecule has 1 rings (SSSR count). The number of nitrogens with one attached hydrogen (secondary N) is 2. The van der Waals surface area contributed by atoms with Crippen molar-refractivity contribution in [3.05, 3.63) is 23.8 Å². The summed E-state index contributed by atoms with van der Waals surface area (Å²) in [5.41, 5.74) is 2.73. The molecule has 116 valence electrons. The summed E-state index contributed by atoms with van der Waals surface area (Å²) in [7, 11) is 3.83. The van der Waals surface area contributed by atoms with E-state index in [1.54, 1.807) is 6.07 Å². The predicted octanol–water partition coefficient (Wildman–Crippen LogP) is 1.02. The molecule has 0 spiro atoms. The Morgan fingerprint density at radius 2 is 2.00 bits per heavy atom. The Hall–Kier alpha value is -2.28. The standard InChI is InChI=1S/C14H21N3O4/c1-9-4-5-10(8-11(9)17(2)3)16-14(21)15-7-6-12(18)13(19)20/h4-5,8,12,18H,6-7H2,1-3H3,(H,19,20)(H2,15,16,21)/t12-/m0/s1. The van der Waals surface area contributed by atoms with Gasteiger partial charge in [0.1, 0.15) is 0 Å². The van der Waals surface area contributed by atoms with E-state index in [0.717, 1.165) is 11.3 Å². The molecule has 0 saturated heterocycles. The van der Waals surface area contributed by atoms with Crippen molar-refractivity contribution in [1.82, 2.24) is 5.32 Å². The molecule has 0 unspecified atom stereocenters. The number of aliphatic hydroxyl groups is 1. The van der Waals surface area contributed by atoms with Crippen molar-refractivity contribution in [2.24, 2.45) is 0 Å². The van der Waals surface area contributed by atoms with Gasteiger partial charge < -0.3 is 25.7 Å². The van der Waals surface area contributed by atoms with Crippen LogP contribution in [0.3, 0.4) is 0 Å². The van der Waals surface area contributed by atoms with Crippen molar-refractivity contribution in [3.63, 3.8) is 0 Å². The lowest BCUT2D eigenvalue weighted by molar-refractivity contribution is -0.146. The normalized spacial score (nSPS) is 11.6. The number of hydrogen-bond acceptors (Lipinski definition) is 4. The van der Waals surface area contributed by atoms with Crippen LogP contribution in [0.5, 0.6) is 0 Å². The molecule has 0 bridgehead atoms. The Labute approximate surface area is 123 Å². The molecular weight excluding hydrogens is 274 g/mol. The highest BCUT2D eigenvalue weighted by molar-refractivity contribution is 5.90.